The lowest BCUT2D eigenvalue weighted by Crippen LogP contribution is -2.15. The van der Waals surface area contributed by atoms with Gasteiger partial charge in [-0.15, -0.1) is 0 Å². The molecule has 4 aromatic rings. The Labute approximate surface area is 179 Å². The van der Waals surface area contributed by atoms with Gasteiger partial charge in [0.25, 0.3) is 5.91 Å². The lowest BCUT2D eigenvalue weighted by molar-refractivity contribution is 0.0698. The molecule has 0 bridgehead atoms. The molecule has 1 amide bonds. The van der Waals surface area contributed by atoms with E-state index < -0.39 is 11.9 Å². The van der Waals surface area contributed by atoms with Gasteiger partial charge >= 0.3 is 5.97 Å². The fraction of sp³-hybridized carbons (Fsp3) is 0. The first-order valence-corrected chi connectivity index (χ1v) is 9.65. The number of rotatable bonds is 5. The Bertz CT molecular complexity index is 1250. The van der Waals surface area contributed by atoms with E-state index in [1.54, 1.807) is 24.3 Å². The molecule has 3 N–H and O–H groups in total. The summed E-state index contributed by atoms with van der Waals surface area (Å²) < 4.78 is 0. The fourth-order valence-electron chi connectivity index (χ4n) is 3.36. The Balaban J connectivity index is 1.70. The van der Waals surface area contributed by atoms with E-state index in [0.29, 0.717) is 0 Å². The number of amides is 1. The second-order valence-corrected chi connectivity index (χ2v) is 6.98. The third-order valence-corrected chi connectivity index (χ3v) is 4.95. The zero-order valence-corrected chi connectivity index (χ0v) is 16.4. The Kier molecular flexibility index (Phi) is 5.49. The van der Waals surface area contributed by atoms with E-state index in [1.165, 1.54) is 12.1 Å². The first-order valence-electron chi connectivity index (χ1n) is 9.65. The average Bonchev–Trinajstić information content (AvgIpc) is 2.80. The highest BCUT2D eigenvalue weighted by atomic mass is 16.4. The van der Waals surface area contributed by atoms with Gasteiger partial charge in [0.2, 0.25) is 0 Å². The second-order valence-electron chi connectivity index (χ2n) is 6.98. The normalized spacial score (nSPS) is 10.5. The average molecular weight is 409 g/mol. The van der Waals surface area contributed by atoms with Crippen LogP contribution < -0.4 is 5.32 Å². The minimum atomic E-state index is -1.16. The van der Waals surface area contributed by atoms with Crippen LogP contribution in [0.5, 0.6) is 5.75 Å². The molecule has 0 atom stereocenters. The maximum atomic E-state index is 13.0. The Morgan fingerprint density at radius 2 is 1.16 bits per heavy atom. The van der Waals surface area contributed by atoms with Gasteiger partial charge in [-0.1, -0.05) is 72.8 Å². The van der Waals surface area contributed by atoms with Gasteiger partial charge in [0.15, 0.2) is 0 Å². The van der Waals surface area contributed by atoms with E-state index >= 15 is 0 Å². The van der Waals surface area contributed by atoms with Crippen LogP contribution in [-0.2, 0) is 0 Å². The Morgan fingerprint density at radius 1 is 0.613 bits per heavy atom. The molecule has 0 heterocycles. The van der Waals surface area contributed by atoms with Gasteiger partial charge < -0.3 is 15.5 Å². The van der Waals surface area contributed by atoms with Crippen LogP contribution in [0.25, 0.3) is 22.3 Å². The first-order chi connectivity index (χ1) is 15.0. The molecule has 0 unspecified atom stereocenters. The van der Waals surface area contributed by atoms with Crippen LogP contribution in [0.15, 0.2) is 97.1 Å². The molecule has 0 spiro atoms. The lowest BCUT2D eigenvalue weighted by Gasteiger charge is -2.13. The van der Waals surface area contributed by atoms with Gasteiger partial charge in [-0.2, -0.15) is 0 Å². The third-order valence-electron chi connectivity index (χ3n) is 4.95. The number of aromatic carboxylic acids is 1. The van der Waals surface area contributed by atoms with Crippen LogP contribution in [0.4, 0.5) is 5.69 Å². The number of carbonyl (C=O) groups excluding carboxylic acids is 1. The molecule has 31 heavy (non-hydrogen) atoms. The van der Waals surface area contributed by atoms with Crippen molar-refractivity contribution >= 4 is 17.6 Å². The Morgan fingerprint density at radius 3 is 1.74 bits per heavy atom. The third kappa shape index (κ3) is 4.31. The van der Waals surface area contributed by atoms with Gasteiger partial charge in [0, 0.05) is 0 Å². The van der Waals surface area contributed by atoms with E-state index in [1.807, 2.05) is 60.7 Å². The van der Waals surface area contributed by atoms with E-state index in [9.17, 15) is 19.8 Å². The molecule has 0 aliphatic heterocycles. The van der Waals surface area contributed by atoms with Gasteiger partial charge in [0.1, 0.15) is 5.75 Å². The Hall–Kier alpha value is -4.38. The van der Waals surface area contributed by atoms with E-state index in [4.69, 9.17) is 0 Å². The first kappa shape index (κ1) is 19.9. The number of phenols is 1. The molecule has 0 aliphatic carbocycles. The largest absolute Gasteiger partial charge is 0.507 e. The van der Waals surface area contributed by atoms with Crippen LogP contribution >= 0.6 is 0 Å². The summed E-state index contributed by atoms with van der Waals surface area (Å²) in [7, 11) is 0. The van der Waals surface area contributed by atoms with Crippen molar-refractivity contribution < 1.29 is 19.8 Å². The van der Waals surface area contributed by atoms with Crippen molar-refractivity contribution in [3.8, 4) is 28.0 Å². The molecule has 4 rings (SSSR count). The lowest BCUT2D eigenvalue weighted by atomic mass is 10.0. The van der Waals surface area contributed by atoms with Gasteiger partial charge in [-0.05, 0) is 46.5 Å². The van der Waals surface area contributed by atoms with E-state index in [0.717, 1.165) is 22.3 Å². The zero-order valence-electron chi connectivity index (χ0n) is 16.4. The number of nitrogens with one attached hydrogen (secondary N) is 1. The van der Waals surface area contributed by atoms with Crippen LogP contribution in [-0.4, -0.2) is 22.1 Å². The highest BCUT2D eigenvalue weighted by Gasteiger charge is 2.18. The second kappa shape index (κ2) is 8.55. The number of hydrogen-bond donors (Lipinski definition) is 3. The number of phenolic OH excluding ortho intramolecular Hbond substituents is 1. The van der Waals surface area contributed by atoms with Gasteiger partial charge in [-0.25, -0.2) is 4.79 Å². The minimum absolute atomic E-state index is 0.0354. The molecule has 0 saturated carbocycles. The molecule has 152 valence electrons. The quantitative estimate of drug-likeness (QED) is 0.396. The van der Waals surface area contributed by atoms with Crippen LogP contribution in [0.2, 0.25) is 0 Å². The van der Waals surface area contributed by atoms with Crippen molar-refractivity contribution in [2.24, 2.45) is 0 Å². The molecule has 0 radical (unpaired) electrons. The predicted octanol–water partition coefficient (Wildman–Crippen LogP) is 5.68. The number of anilines is 1. The van der Waals surface area contributed by atoms with Crippen molar-refractivity contribution in [2.75, 3.05) is 5.32 Å². The highest BCUT2D eigenvalue weighted by molar-refractivity contribution is 6.10. The van der Waals surface area contributed by atoms with Gasteiger partial charge in [0.05, 0.1) is 16.8 Å². The van der Waals surface area contributed by atoms with Crippen molar-refractivity contribution in [3.05, 3.63) is 108 Å². The monoisotopic (exact) mass is 409 g/mol. The molecule has 0 fully saturated rings. The summed E-state index contributed by atoms with van der Waals surface area (Å²) in [5, 5.41) is 22.5. The number of benzene rings is 4. The standard InChI is InChI=1S/C26H19NO4/c28-24-14-12-19(17-7-3-1-4-8-17)15-22(24)25(29)27-23-16-20(11-13-21(23)26(30)31)18-9-5-2-6-10-18/h1-16,28H,(H,27,29)(H,30,31). The molecular formula is C26H19NO4. The highest BCUT2D eigenvalue weighted by Crippen LogP contribution is 2.29. The number of carboxylic acid groups (broad SMARTS) is 1. The van der Waals surface area contributed by atoms with Gasteiger partial charge in [-0.3, -0.25) is 4.79 Å². The van der Waals surface area contributed by atoms with Crippen molar-refractivity contribution in [1.82, 2.24) is 0 Å². The topological polar surface area (TPSA) is 86.6 Å². The molecule has 0 saturated heterocycles. The SMILES string of the molecule is O=C(Nc1cc(-c2ccccc2)ccc1C(=O)O)c1cc(-c2ccccc2)ccc1O. The number of hydrogen-bond acceptors (Lipinski definition) is 3. The molecule has 4 aromatic carbocycles. The maximum absolute atomic E-state index is 13.0. The summed E-state index contributed by atoms with van der Waals surface area (Å²) in [6.45, 7) is 0. The summed E-state index contributed by atoms with van der Waals surface area (Å²) in [4.78, 5) is 24.7. The van der Waals surface area contributed by atoms with Crippen molar-refractivity contribution in [3.63, 3.8) is 0 Å². The predicted molar refractivity (Wildman–Crippen MR) is 120 cm³/mol. The summed E-state index contributed by atoms with van der Waals surface area (Å²) in [6, 6.07) is 28.5. The molecular weight excluding hydrogens is 390 g/mol. The maximum Gasteiger partial charge on any atom is 0.337 e. The number of aromatic hydroxyl groups is 1. The fourth-order valence-corrected chi connectivity index (χ4v) is 3.36. The van der Waals surface area contributed by atoms with E-state index in [2.05, 4.69) is 5.32 Å². The zero-order chi connectivity index (χ0) is 21.8. The van der Waals surface area contributed by atoms with Crippen LogP contribution in [0, 0.1) is 0 Å². The summed E-state index contributed by atoms with van der Waals surface area (Å²) >= 11 is 0. The van der Waals surface area contributed by atoms with Crippen LogP contribution in [0.1, 0.15) is 20.7 Å². The minimum Gasteiger partial charge on any atom is -0.507 e. The molecule has 5 nitrogen and oxygen atoms in total. The van der Waals surface area contributed by atoms with Crippen molar-refractivity contribution in [1.29, 1.82) is 0 Å². The summed E-state index contributed by atoms with van der Waals surface area (Å²) in [5.74, 6) is -1.94. The number of carbonyl (C=O) groups is 2. The van der Waals surface area contributed by atoms with Crippen LogP contribution in [0.3, 0.4) is 0 Å². The van der Waals surface area contributed by atoms with E-state index in [-0.39, 0.29) is 22.6 Å². The van der Waals surface area contributed by atoms with Crippen molar-refractivity contribution in [2.45, 2.75) is 0 Å². The molecule has 5 heteroatoms. The summed E-state index contributed by atoms with van der Waals surface area (Å²) in [6.07, 6.45) is 0. The number of carboxylic acids is 1. The smallest absolute Gasteiger partial charge is 0.337 e. The summed E-state index contributed by atoms with van der Waals surface area (Å²) in [5.41, 5.74) is 3.50. The molecule has 0 aromatic heterocycles. The molecule has 0 aliphatic rings.